The summed E-state index contributed by atoms with van der Waals surface area (Å²) in [5, 5.41) is 8.17. The van der Waals surface area contributed by atoms with Crippen LogP contribution in [0.2, 0.25) is 0 Å². The molecule has 0 fully saturated rings. The van der Waals surface area contributed by atoms with Gasteiger partial charge in [0.1, 0.15) is 0 Å². The fraction of sp³-hybridized carbons (Fsp3) is 0.0889. The van der Waals surface area contributed by atoms with Crippen LogP contribution in [0.15, 0.2) is 170 Å². The van der Waals surface area contributed by atoms with Crippen molar-refractivity contribution in [3.05, 3.63) is 192 Å². The van der Waals surface area contributed by atoms with Gasteiger partial charge in [-0.05, 0) is 24.0 Å². The summed E-state index contributed by atoms with van der Waals surface area (Å²) in [5.74, 6) is 0. The molecule has 0 atom stereocenters. The van der Waals surface area contributed by atoms with Crippen molar-refractivity contribution in [2.45, 2.75) is 26.7 Å². The summed E-state index contributed by atoms with van der Waals surface area (Å²) in [4.78, 5) is 0. The van der Waals surface area contributed by atoms with Gasteiger partial charge in [0.25, 0.3) is 0 Å². The Balaban J connectivity index is 0.000000126. The van der Waals surface area contributed by atoms with Gasteiger partial charge < -0.3 is 0 Å². The van der Waals surface area contributed by atoms with E-state index in [2.05, 4.69) is 141 Å². The molecule has 8 rings (SSSR count). The van der Waals surface area contributed by atoms with Crippen LogP contribution in [0.4, 0.5) is 0 Å². The summed E-state index contributed by atoms with van der Waals surface area (Å²) < 4.78 is 1.15. The normalized spacial score (nSPS) is 10.7. The van der Waals surface area contributed by atoms with Crippen molar-refractivity contribution >= 4 is 52.5 Å². The third-order valence-electron chi connectivity index (χ3n) is 8.71. The molecule has 238 valence electrons. The molecular formula is C45H38Cl2Zr-2. The van der Waals surface area contributed by atoms with Crippen LogP contribution in [-0.4, -0.2) is 3.21 Å². The van der Waals surface area contributed by atoms with Gasteiger partial charge in [-0.1, -0.05) is 91.7 Å². The zero-order valence-electron chi connectivity index (χ0n) is 27.3. The molecule has 0 aliphatic rings. The number of benzene rings is 6. The van der Waals surface area contributed by atoms with Crippen molar-refractivity contribution in [1.82, 2.24) is 0 Å². The predicted octanol–water partition coefficient (Wildman–Crippen LogP) is 13.2. The predicted molar refractivity (Wildman–Crippen MR) is 209 cm³/mol. The number of hydrogen-bond acceptors (Lipinski definition) is 0. The second kappa shape index (κ2) is 16.5. The fourth-order valence-electron chi connectivity index (χ4n) is 6.09. The Labute approximate surface area is 299 Å². The molecule has 0 unspecified atom stereocenters. The minimum absolute atomic E-state index is 1.11. The van der Waals surface area contributed by atoms with Crippen LogP contribution < -0.4 is 0 Å². The van der Waals surface area contributed by atoms with E-state index in [4.69, 9.17) is 17.0 Å². The average Bonchev–Trinajstić information content (AvgIpc) is 3.77. The van der Waals surface area contributed by atoms with E-state index in [1.807, 2.05) is 42.5 Å². The third-order valence-corrected chi connectivity index (χ3v) is 13.3. The second-order valence-electron chi connectivity index (χ2n) is 11.8. The molecule has 0 saturated heterocycles. The molecule has 0 aliphatic carbocycles. The van der Waals surface area contributed by atoms with Gasteiger partial charge >= 0.3 is 111 Å². The SMILES string of the molecule is CCc1ccc2c(c1)[cH-]c1cc(CC)ccc12.[Cl][Zr]([Cl])=[C](c1ccccc1)c1ccccc1.c1ccc(-c2ccc3[cH-]ccc3c2)cc1. The Bertz CT molecular complexity index is 2160. The summed E-state index contributed by atoms with van der Waals surface area (Å²) >= 11 is -2.44. The number of hydrogen-bond donors (Lipinski definition) is 0. The Morgan fingerprint density at radius 2 is 1.04 bits per heavy atom. The fourth-order valence-corrected chi connectivity index (χ4v) is 10.6. The number of rotatable bonds is 5. The minimum Gasteiger partial charge on any atom is -0.168 e. The molecule has 0 amide bonds. The zero-order chi connectivity index (χ0) is 33.3. The van der Waals surface area contributed by atoms with Crippen LogP contribution in [0.1, 0.15) is 36.1 Å². The minimum atomic E-state index is -2.44. The first kappa shape index (κ1) is 34.0. The van der Waals surface area contributed by atoms with E-state index in [1.165, 1.54) is 54.6 Å². The monoisotopic (exact) mass is 738 g/mol. The first-order valence-electron chi connectivity index (χ1n) is 16.5. The van der Waals surface area contributed by atoms with Crippen molar-refractivity contribution in [2.24, 2.45) is 0 Å². The van der Waals surface area contributed by atoms with Crippen molar-refractivity contribution < 1.29 is 18.9 Å². The van der Waals surface area contributed by atoms with Crippen LogP contribution in [0, 0.1) is 0 Å². The van der Waals surface area contributed by atoms with Gasteiger partial charge in [-0.15, -0.1) is 57.3 Å². The van der Waals surface area contributed by atoms with Gasteiger partial charge in [0.15, 0.2) is 0 Å². The van der Waals surface area contributed by atoms with Gasteiger partial charge in [-0.25, -0.2) is 0 Å². The Morgan fingerprint density at radius 1 is 0.521 bits per heavy atom. The van der Waals surface area contributed by atoms with Crippen molar-refractivity contribution in [3.63, 3.8) is 0 Å². The molecule has 0 aliphatic heterocycles. The molecule has 8 aromatic rings. The average molecular weight is 741 g/mol. The number of halogens is 2. The van der Waals surface area contributed by atoms with Crippen LogP contribution in [0.25, 0.3) is 43.4 Å². The Kier molecular flexibility index (Phi) is 11.7. The maximum absolute atomic E-state index is 6.24. The molecule has 0 bridgehead atoms. The largest absolute Gasteiger partial charge is 0.168 e. The summed E-state index contributed by atoms with van der Waals surface area (Å²) in [5.41, 5.74) is 7.70. The Morgan fingerprint density at radius 3 is 1.54 bits per heavy atom. The summed E-state index contributed by atoms with van der Waals surface area (Å²) in [7, 11) is 12.5. The summed E-state index contributed by atoms with van der Waals surface area (Å²) in [6, 6.07) is 59.8. The Hall–Kier alpha value is -3.87. The molecular weight excluding hydrogens is 703 g/mol. The maximum Gasteiger partial charge on any atom is -0.0200 e. The molecule has 3 heteroatoms. The molecule has 0 N–H and O–H groups in total. The van der Waals surface area contributed by atoms with Gasteiger partial charge in [0, 0.05) is 0 Å². The summed E-state index contributed by atoms with van der Waals surface area (Å²) in [6.07, 6.45) is 2.22. The molecule has 8 aromatic carbocycles. The van der Waals surface area contributed by atoms with Gasteiger partial charge in [-0.2, -0.15) is 17.5 Å². The molecule has 0 spiro atoms. The summed E-state index contributed by atoms with van der Waals surface area (Å²) in [6.45, 7) is 4.41. The van der Waals surface area contributed by atoms with E-state index in [0.717, 1.165) is 27.2 Å². The van der Waals surface area contributed by atoms with Crippen LogP contribution in [0.3, 0.4) is 0 Å². The quantitative estimate of drug-likeness (QED) is 0.154. The first-order valence-corrected chi connectivity index (χ1v) is 24.1. The van der Waals surface area contributed by atoms with Crippen LogP contribution >= 0.6 is 17.0 Å². The van der Waals surface area contributed by atoms with Crippen molar-refractivity contribution in [3.8, 4) is 11.1 Å². The molecule has 0 aromatic heterocycles. The van der Waals surface area contributed by atoms with E-state index < -0.39 is 18.9 Å². The molecule has 0 nitrogen and oxygen atoms in total. The number of aryl methyl sites for hydroxylation is 2. The van der Waals surface area contributed by atoms with Crippen LogP contribution in [-0.2, 0) is 31.7 Å². The van der Waals surface area contributed by atoms with Gasteiger partial charge in [-0.3, -0.25) is 0 Å². The second-order valence-corrected chi connectivity index (χ2v) is 19.9. The van der Waals surface area contributed by atoms with E-state index in [-0.39, 0.29) is 0 Å². The number of fused-ring (bicyclic) bond motifs is 4. The molecule has 48 heavy (non-hydrogen) atoms. The van der Waals surface area contributed by atoms with Crippen LogP contribution in [0.5, 0.6) is 0 Å². The van der Waals surface area contributed by atoms with E-state index in [0.29, 0.717) is 0 Å². The zero-order valence-corrected chi connectivity index (χ0v) is 31.3. The first-order chi connectivity index (χ1) is 23.5. The van der Waals surface area contributed by atoms with E-state index in [1.54, 1.807) is 0 Å². The van der Waals surface area contributed by atoms with Crippen molar-refractivity contribution in [1.29, 1.82) is 0 Å². The topological polar surface area (TPSA) is 0 Å². The van der Waals surface area contributed by atoms with Gasteiger partial charge in [0.05, 0.1) is 0 Å². The van der Waals surface area contributed by atoms with Crippen molar-refractivity contribution in [2.75, 3.05) is 0 Å². The molecule has 0 radical (unpaired) electrons. The molecule has 0 heterocycles. The molecule has 0 saturated carbocycles. The maximum atomic E-state index is 6.24. The smallest absolute Gasteiger partial charge is 0.0200 e. The standard InChI is InChI=1S/C17H17.C15H11.C13H10.2ClH.Zr/c1-3-12-5-7-16-14(9-12)11-15-10-13(4-2)6-8-17(15)16;1-2-5-12(6-3-1)15-10-9-13-7-4-8-14(13)11-15;1-3-7-12(8-4-1)11-13-9-5-2-6-10-13;;;/h5-11H,3-4H2,1-2H3;1-11H;1-10H;2*1H;/q2*-1;;;;+2/p-2. The van der Waals surface area contributed by atoms with E-state index >= 15 is 0 Å². The third kappa shape index (κ3) is 8.22. The van der Waals surface area contributed by atoms with Gasteiger partial charge in [0.2, 0.25) is 0 Å². The van der Waals surface area contributed by atoms with E-state index in [9.17, 15) is 0 Å².